The molecule has 3 N–H and O–H groups in total. The first-order valence-electron chi connectivity index (χ1n) is 10.2. The van der Waals surface area contributed by atoms with E-state index >= 15 is 0 Å². The molecule has 9 nitrogen and oxygen atoms in total. The Morgan fingerprint density at radius 3 is 2.85 bits per heavy atom. The van der Waals surface area contributed by atoms with Crippen LogP contribution < -0.4 is 15.8 Å². The molecule has 0 radical (unpaired) electrons. The molecule has 5 rings (SSSR count). The number of ether oxygens (including phenoxy) is 2. The van der Waals surface area contributed by atoms with Crippen LogP contribution in [0.1, 0.15) is 13.8 Å². The minimum absolute atomic E-state index is 0.128. The van der Waals surface area contributed by atoms with Gasteiger partial charge in [0.05, 0.1) is 22.5 Å². The van der Waals surface area contributed by atoms with Gasteiger partial charge in [-0.1, -0.05) is 17.4 Å². The molecule has 0 spiro atoms. The zero-order chi connectivity index (χ0) is 23.2. The van der Waals surface area contributed by atoms with Crippen molar-refractivity contribution in [3.63, 3.8) is 0 Å². The number of aromatic nitrogens is 3. The summed E-state index contributed by atoms with van der Waals surface area (Å²) < 4.78 is 11.8. The number of thiazole rings is 1. The average Bonchev–Trinajstić information content (AvgIpc) is 3.19. The smallest absolute Gasteiger partial charge is 0.360 e. The molecule has 0 saturated heterocycles. The normalized spacial score (nSPS) is 17.2. The number of hydrogen-bond donors (Lipinski definition) is 2. The van der Waals surface area contributed by atoms with Gasteiger partial charge in [-0.15, -0.1) is 0 Å². The molecule has 4 heterocycles. The summed E-state index contributed by atoms with van der Waals surface area (Å²) in [6.45, 7) is 3.17. The number of carbonyl (C=O) groups excluding carboxylic acids is 2. The molecular weight excluding hydrogens is 442 g/mol. The summed E-state index contributed by atoms with van der Waals surface area (Å²) in [6, 6.07) is 11.3. The van der Waals surface area contributed by atoms with Crippen LogP contribution in [-0.4, -0.2) is 39.0 Å². The highest BCUT2D eigenvalue weighted by molar-refractivity contribution is 7.22. The molecule has 1 aliphatic heterocycles. The lowest BCUT2D eigenvalue weighted by Crippen LogP contribution is -2.55. The van der Waals surface area contributed by atoms with Crippen molar-refractivity contribution in [2.75, 3.05) is 17.7 Å². The highest BCUT2D eigenvalue weighted by atomic mass is 32.1. The minimum atomic E-state index is -1.81. The molecule has 4 aromatic rings. The number of nitrogens with two attached hydrogens (primary N) is 1. The maximum Gasteiger partial charge on any atom is 0.360 e. The molecule has 1 unspecified atom stereocenters. The van der Waals surface area contributed by atoms with E-state index in [1.807, 2.05) is 30.3 Å². The van der Waals surface area contributed by atoms with Crippen molar-refractivity contribution in [1.82, 2.24) is 15.0 Å². The van der Waals surface area contributed by atoms with Crippen molar-refractivity contribution in [2.45, 2.75) is 19.4 Å². The van der Waals surface area contributed by atoms with E-state index in [-0.39, 0.29) is 18.2 Å². The van der Waals surface area contributed by atoms with Gasteiger partial charge in [-0.2, -0.15) is 0 Å². The minimum Gasteiger partial charge on any atom is -0.463 e. The fraction of sp³-hybridized carbons (Fsp3) is 0.174. The van der Waals surface area contributed by atoms with Crippen molar-refractivity contribution in [2.24, 2.45) is 0 Å². The van der Waals surface area contributed by atoms with Gasteiger partial charge in [-0.25, -0.2) is 14.8 Å². The molecule has 1 atom stereocenters. The van der Waals surface area contributed by atoms with Crippen LogP contribution in [0.2, 0.25) is 0 Å². The second kappa shape index (κ2) is 7.82. The number of hydrogen-bond acceptors (Lipinski definition) is 9. The quantitative estimate of drug-likeness (QED) is 0.348. The Bertz CT molecular complexity index is 1410. The van der Waals surface area contributed by atoms with E-state index in [2.05, 4.69) is 20.3 Å². The second-order valence-electron chi connectivity index (χ2n) is 7.52. The van der Waals surface area contributed by atoms with Crippen LogP contribution in [0.25, 0.3) is 32.6 Å². The van der Waals surface area contributed by atoms with Crippen molar-refractivity contribution < 1.29 is 19.1 Å². The number of amides is 1. The van der Waals surface area contributed by atoms with Crippen LogP contribution in [0.4, 0.5) is 10.9 Å². The lowest BCUT2D eigenvalue weighted by atomic mass is 10.0. The van der Waals surface area contributed by atoms with Gasteiger partial charge in [0.25, 0.3) is 11.5 Å². The Kier molecular flexibility index (Phi) is 4.94. The molecule has 33 heavy (non-hydrogen) atoms. The predicted octanol–water partition coefficient (Wildman–Crippen LogP) is 3.66. The van der Waals surface area contributed by atoms with E-state index in [0.717, 1.165) is 27.0 Å². The largest absolute Gasteiger partial charge is 0.463 e. The van der Waals surface area contributed by atoms with E-state index in [9.17, 15) is 9.59 Å². The third kappa shape index (κ3) is 3.54. The summed E-state index contributed by atoms with van der Waals surface area (Å²) in [6.07, 6.45) is 3.35. The van der Waals surface area contributed by atoms with E-state index in [0.29, 0.717) is 10.7 Å². The van der Waals surface area contributed by atoms with Gasteiger partial charge in [0.2, 0.25) is 0 Å². The van der Waals surface area contributed by atoms with Gasteiger partial charge in [0, 0.05) is 23.5 Å². The fourth-order valence-corrected chi connectivity index (χ4v) is 4.44. The standard InChI is InChI=1S/C23H19N5O4S/c1-3-31-21(30)23(2)20(29)28-19-17(32-23)10-13(11-26-19)12-8-14(15-6-4-5-7-25-15)18-16(9-12)27-22(24)33-18/h4-11H,3H2,1-2H3,(H2,24,27)(H,26,28,29). The number of benzene rings is 1. The lowest BCUT2D eigenvalue weighted by Gasteiger charge is -2.31. The highest BCUT2D eigenvalue weighted by Crippen LogP contribution is 2.40. The molecule has 1 amide bonds. The maximum atomic E-state index is 12.5. The summed E-state index contributed by atoms with van der Waals surface area (Å²) in [5.74, 6) is -0.907. The van der Waals surface area contributed by atoms with E-state index < -0.39 is 17.5 Å². The molecule has 1 aliphatic rings. The highest BCUT2D eigenvalue weighted by Gasteiger charge is 2.49. The number of fused-ring (bicyclic) bond motifs is 2. The number of nitrogens with one attached hydrogen (secondary N) is 1. The fourth-order valence-electron chi connectivity index (χ4n) is 3.60. The van der Waals surface area contributed by atoms with Crippen LogP contribution in [0.5, 0.6) is 5.75 Å². The van der Waals surface area contributed by atoms with E-state index in [1.54, 1.807) is 25.4 Å². The molecule has 166 valence electrons. The Labute approximate surface area is 192 Å². The maximum absolute atomic E-state index is 12.5. The van der Waals surface area contributed by atoms with Crippen LogP contribution in [0.15, 0.2) is 48.8 Å². The molecule has 1 aromatic carbocycles. The Morgan fingerprint density at radius 1 is 1.24 bits per heavy atom. The molecular formula is C23H19N5O4S. The van der Waals surface area contributed by atoms with Crippen molar-refractivity contribution >= 4 is 44.4 Å². The first kappa shape index (κ1) is 20.8. The van der Waals surface area contributed by atoms with E-state index in [4.69, 9.17) is 15.2 Å². The number of anilines is 2. The van der Waals surface area contributed by atoms with Crippen LogP contribution in [0.3, 0.4) is 0 Å². The molecule has 0 aliphatic carbocycles. The topological polar surface area (TPSA) is 129 Å². The number of carbonyl (C=O) groups is 2. The Hall–Kier alpha value is -4.05. The van der Waals surface area contributed by atoms with Crippen LogP contribution in [-0.2, 0) is 14.3 Å². The van der Waals surface area contributed by atoms with Gasteiger partial charge < -0.3 is 20.5 Å². The SMILES string of the molecule is CCOC(=O)C1(C)Oc2cc(-c3cc(-c4ccccn4)c4sc(N)nc4c3)cnc2NC1=O. The van der Waals surface area contributed by atoms with Crippen molar-refractivity contribution in [1.29, 1.82) is 0 Å². The van der Waals surface area contributed by atoms with Gasteiger partial charge in [-0.3, -0.25) is 9.78 Å². The number of rotatable bonds is 4. The third-order valence-corrected chi connectivity index (χ3v) is 6.21. The second-order valence-corrected chi connectivity index (χ2v) is 8.55. The summed E-state index contributed by atoms with van der Waals surface area (Å²) in [5.41, 5.74) is 8.11. The molecule has 10 heteroatoms. The molecule has 0 fully saturated rings. The van der Waals surface area contributed by atoms with Gasteiger partial charge in [0.15, 0.2) is 16.7 Å². The van der Waals surface area contributed by atoms with Gasteiger partial charge in [-0.05, 0) is 49.7 Å². The Balaban J connectivity index is 1.61. The Morgan fingerprint density at radius 2 is 2.09 bits per heavy atom. The molecule has 0 bridgehead atoms. The summed E-state index contributed by atoms with van der Waals surface area (Å²) >= 11 is 1.40. The predicted molar refractivity (Wildman–Crippen MR) is 125 cm³/mol. The number of esters is 1. The van der Waals surface area contributed by atoms with Crippen LogP contribution >= 0.6 is 11.3 Å². The first-order valence-corrected chi connectivity index (χ1v) is 11.0. The zero-order valence-electron chi connectivity index (χ0n) is 17.8. The number of nitrogen functional groups attached to an aromatic ring is 1. The first-order chi connectivity index (χ1) is 15.9. The number of nitrogens with zero attached hydrogens (tertiary/aromatic N) is 3. The van der Waals surface area contributed by atoms with Crippen molar-refractivity contribution in [3.8, 4) is 28.1 Å². The lowest BCUT2D eigenvalue weighted by molar-refractivity contribution is -0.165. The monoisotopic (exact) mass is 461 g/mol. The third-order valence-electron chi connectivity index (χ3n) is 5.28. The summed E-state index contributed by atoms with van der Waals surface area (Å²) in [7, 11) is 0. The average molecular weight is 462 g/mol. The van der Waals surface area contributed by atoms with E-state index in [1.165, 1.54) is 18.3 Å². The van der Waals surface area contributed by atoms with Crippen molar-refractivity contribution in [3.05, 3.63) is 48.8 Å². The summed E-state index contributed by atoms with van der Waals surface area (Å²) in [4.78, 5) is 38.2. The molecule has 3 aromatic heterocycles. The zero-order valence-corrected chi connectivity index (χ0v) is 18.6. The van der Waals surface area contributed by atoms with Gasteiger partial charge in [0.1, 0.15) is 0 Å². The summed E-state index contributed by atoms with van der Waals surface area (Å²) in [5, 5.41) is 3.08. The number of pyridine rings is 2. The molecule has 0 saturated carbocycles. The van der Waals surface area contributed by atoms with Crippen LogP contribution in [0, 0.1) is 0 Å². The van der Waals surface area contributed by atoms with Gasteiger partial charge >= 0.3 is 5.97 Å².